The quantitative estimate of drug-likeness (QED) is 0.149. The van der Waals surface area contributed by atoms with Crippen molar-refractivity contribution in [3.05, 3.63) is 88.7 Å². The van der Waals surface area contributed by atoms with Crippen molar-refractivity contribution in [3.8, 4) is 11.5 Å². The molecule has 41 heavy (non-hydrogen) atoms. The average Bonchev–Trinajstić information content (AvgIpc) is 3.60. The lowest BCUT2D eigenvalue weighted by molar-refractivity contribution is -0.132. The van der Waals surface area contributed by atoms with Crippen molar-refractivity contribution in [2.24, 2.45) is 5.92 Å². The number of halogens is 1. The zero-order valence-electron chi connectivity index (χ0n) is 22.9. The third kappa shape index (κ3) is 5.06. The van der Waals surface area contributed by atoms with Crippen LogP contribution in [0, 0.1) is 11.7 Å². The van der Waals surface area contributed by atoms with Crippen LogP contribution in [0.1, 0.15) is 49.9 Å². The second-order valence-corrected chi connectivity index (χ2v) is 11.8. The normalized spacial score (nSPS) is 19.7. The molecule has 7 nitrogen and oxygen atoms in total. The lowest BCUT2D eigenvalue weighted by Gasteiger charge is -2.23. The number of amides is 1. The van der Waals surface area contributed by atoms with Crippen molar-refractivity contribution in [2.45, 2.75) is 45.8 Å². The Balaban J connectivity index is 1.48. The highest BCUT2D eigenvalue weighted by molar-refractivity contribution is 7.22. The van der Waals surface area contributed by atoms with E-state index in [1.807, 2.05) is 13.0 Å². The van der Waals surface area contributed by atoms with Gasteiger partial charge >= 0.3 is 5.91 Å². The zero-order valence-corrected chi connectivity index (χ0v) is 23.7. The van der Waals surface area contributed by atoms with E-state index in [2.05, 4.69) is 18.8 Å². The second kappa shape index (κ2) is 10.6. The third-order valence-electron chi connectivity index (χ3n) is 7.30. The fraction of sp³-hybridized carbons (Fsp3) is 0.281. The van der Waals surface area contributed by atoms with Crippen LogP contribution in [0.4, 0.5) is 9.52 Å². The summed E-state index contributed by atoms with van der Waals surface area (Å²) >= 11 is 1.11. The number of rotatable bonds is 7. The Morgan fingerprint density at radius 1 is 1.17 bits per heavy atom. The van der Waals surface area contributed by atoms with Crippen molar-refractivity contribution in [1.29, 1.82) is 0 Å². The Bertz CT molecular complexity index is 1710. The number of benzene rings is 3. The number of thiazole rings is 1. The molecule has 4 aromatic rings. The minimum absolute atomic E-state index is 0.00952. The van der Waals surface area contributed by atoms with Crippen LogP contribution in [0.5, 0.6) is 11.5 Å². The number of Topliss-reactive ketones (excluding diaryl/α,β-unsaturated/α-hetero) is 1. The number of carbonyl (C=O) groups excluding carboxylic acids is 2. The molecule has 0 saturated carbocycles. The summed E-state index contributed by atoms with van der Waals surface area (Å²) in [6.07, 6.45) is 1.55. The van der Waals surface area contributed by atoms with Crippen LogP contribution in [-0.2, 0) is 16.0 Å². The largest absolute Gasteiger partial charge is 0.507 e. The first kappa shape index (κ1) is 27.0. The molecule has 1 aromatic heterocycles. The van der Waals surface area contributed by atoms with Gasteiger partial charge in [0.2, 0.25) is 0 Å². The summed E-state index contributed by atoms with van der Waals surface area (Å²) in [5.74, 6) is -0.559. The summed E-state index contributed by atoms with van der Waals surface area (Å²) in [6, 6.07) is 15.6. The van der Waals surface area contributed by atoms with Gasteiger partial charge in [0.05, 0.1) is 28.4 Å². The van der Waals surface area contributed by atoms with Gasteiger partial charge < -0.3 is 14.6 Å². The first-order valence-electron chi connectivity index (χ1n) is 13.6. The number of carbonyl (C=O) groups is 2. The fourth-order valence-electron chi connectivity index (χ4n) is 5.25. The molecule has 0 spiro atoms. The van der Waals surface area contributed by atoms with Crippen LogP contribution in [0.2, 0.25) is 0 Å². The van der Waals surface area contributed by atoms with Gasteiger partial charge in [-0.05, 0) is 78.9 Å². The molecular weight excluding hydrogens is 543 g/mol. The zero-order chi connectivity index (χ0) is 28.8. The number of ketones is 1. The maximum absolute atomic E-state index is 14.0. The van der Waals surface area contributed by atoms with E-state index >= 15 is 0 Å². The van der Waals surface area contributed by atoms with Gasteiger partial charge in [0.1, 0.15) is 29.2 Å². The lowest BCUT2D eigenvalue weighted by Crippen LogP contribution is -2.29. The molecule has 3 aromatic carbocycles. The van der Waals surface area contributed by atoms with Crippen molar-refractivity contribution < 1.29 is 28.6 Å². The number of aliphatic hydroxyl groups excluding tert-OH is 1. The summed E-state index contributed by atoms with van der Waals surface area (Å²) in [6.45, 7) is 6.71. The van der Waals surface area contributed by atoms with Crippen molar-refractivity contribution in [2.75, 3.05) is 11.5 Å². The number of hydrogen-bond acceptors (Lipinski definition) is 7. The average molecular weight is 573 g/mol. The number of anilines is 1. The Hall–Kier alpha value is -4.24. The number of fused-ring (bicyclic) bond motifs is 2. The molecule has 0 radical (unpaired) electrons. The molecule has 6 rings (SSSR count). The van der Waals surface area contributed by atoms with E-state index in [0.29, 0.717) is 46.0 Å². The lowest BCUT2D eigenvalue weighted by atomic mass is 9.94. The second-order valence-electron chi connectivity index (χ2n) is 10.8. The van der Waals surface area contributed by atoms with Gasteiger partial charge in [-0.2, -0.15) is 0 Å². The van der Waals surface area contributed by atoms with Crippen LogP contribution in [0.15, 0.2) is 66.2 Å². The molecule has 1 amide bonds. The van der Waals surface area contributed by atoms with E-state index in [1.165, 1.54) is 23.1 Å². The Morgan fingerprint density at radius 3 is 2.80 bits per heavy atom. The minimum atomic E-state index is -0.975. The molecule has 2 aliphatic heterocycles. The van der Waals surface area contributed by atoms with E-state index in [0.717, 1.165) is 29.1 Å². The van der Waals surface area contributed by atoms with Crippen molar-refractivity contribution in [1.82, 2.24) is 4.98 Å². The standard InChI is InChI=1S/C32H29FN2O5S/c1-17(2)11-12-39-23-6-4-5-19(15-23)28-27(29(36)20-7-10-25-21(14-20)13-18(3)40-25)30(37)31(38)35(28)32-34-24-9-8-22(33)16-26(24)41-32/h4-10,14-18,28,36H,11-13H2,1-3H3/t18-,28+/m0/s1. The Labute approximate surface area is 240 Å². The number of nitrogens with zero attached hydrogens (tertiary/aromatic N) is 2. The molecule has 1 saturated heterocycles. The molecule has 2 aliphatic rings. The Morgan fingerprint density at radius 2 is 2.00 bits per heavy atom. The molecule has 3 heterocycles. The number of hydrogen-bond donors (Lipinski definition) is 1. The van der Waals surface area contributed by atoms with Gasteiger partial charge in [0.15, 0.2) is 5.13 Å². The molecule has 210 valence electrons. The number of aromatic nitrogens is 1. The molecule has 2 atom stereocenters. The first-order valence-corrected chi connectivity index (χ1v) is 14.4. The highest BCUT2D eigenvalue weighted by Gasteiger charge is 2.48. The smallest absolute Gasteiger partial charge is 0.301 e. The summed E-state index contributed by atoms with van der Waals surface area (Å²) < 4.78 is 26.3. The van der Waals surface area contributed by atoms with Crippen LogP contribution in [-0.4, -0.2) is 34.5 Å². The predicted molar refractivity (Wildman–Crippen MR) is 156 cm³/mol. The number of aliphatic hydroxyl groups is 1. The van der Waals surface area contributed by atoms with E-state index in [-0.39, 0.29) is 22.6 Å². The van der Waals surface area contributed by atoms with Crippen LogP contribution in [0.3, 0.4) is 0 Å². The summed E-state index contributed by atoms with van der Waals surface area (Å²) in [5, 5.41) is 11.8. The maximum atomic E-state index is 14.0. The Kier molecular flexibility index (Phi) is 6.99. The SMILES string of the molecule is CC(C)CCOc1cccc([C@@H]2C(=C(O)c3ccc4c(c3)C[C@H](C)O4)C(=O)C(=O)N2c2nc3ccc(F)cc3s2)c1. The third-order valence-corrected chi connectivity index (χ3v) is 8.31. The maximum Gasteiger partial charge on any atom is 0.301 e. The highest BCUT2D eigenvalue weighted by Crippen LogP contribution is 2.45. The van der Waals surface area contributed by atoms with Gasteiger partial charge in [-0.15, -0.1) is 0 Å². The van der Waals surface area contributed by atoms with Crippen molar-refractivity contribution in [3.63, 3.8) is 0 Å². The fourth-order valence-corrected chi connectivity index (χ4v) is 6.26. The summed E-state index contributed by atoms with van der Waals surface area (Å²) in [4.78, 5) is 33.1. The van der Waals surface area contributed by atoms with Gasteiger partial charge in [0.25, 0.3) is 5.78 Å². The van der Waals surface area contributed by atoms with E-state index in [9.17, 15) is 19.1 Å². The van der Waals surface area contributed by atoms with Gasteiger partial charge in [-0.1, -0.05) is 37.3 Å². The van der Waals surface area contributed by atoms with Gasteiger partial charge in [-0.25, -0.2) is 9.37 Å². The first-order chi connectivity index (χ1) is 19.7. The van der Waals surface area contributed by atoms with Crippen LogP contribution >= 0.6 is 11.3 Å². The molecule has 1 N–H and O–H groups in total. The molecule has 0 unspecified atom stereocenters. The van der Waals surface area contributed by atoms with Gasteiger partial charge in [0, 0.05) is 12.0 Å². The molecule has 9 heteroatoms. The summed E-state index contributed by atoms with van der Waals surface area (Å²) in [5.41, 5.74) is 2.37. The monoisotopic (exact) mass is 572 g/mol. The minimum Gasteiger partial charge on any atom is -0.507 e. The molecular formula is C32H29FN2O5S. The topological polar surface area (TPSA) is 89.0 Å². The van der Waals surface area contributed by atoms with Crippen LogP contribution in [0.25, 0.3) is 16.0 Å². The van der Waals surface area contributed by atoms with E-state index in [4.69, 9.17) is 9.47 Å². The van der Waals surface area contributed by atoms with Crippen molar-refractivity contribution >= 4 is 44.1 Å². The molecule has 0 bridgehead atoms. The van der Waals surface area contributed by atoms with Gasteiger partial charge in [-0.3, -0.25) is 14.5 Å². The molecule has 0 aliphatic carbocycles. The van der Waals surface area contributed by atoms with E-state index < -0.39 is 23.5 Å². The summed E-state index contributed by atoms with van der Waals surface area (Å²) in [7, 11) is 0. The van der Waals surface area contributed by atoms with E-state index in [1.54, 1.807) is 36.4 Å². The predicted octanol–water partition coefficient (Wildman–Crippen LogP) is 6.81. The number of ether oxygens (including phenoxy) is 2. The highest BCUT2D eigenvalue weighted by atomic mass is 32.1. The van der Waals surface area contributed by atoms with Crippen LogP contribution < -0.4 is 14.4 Å². The molecule has 1 fully saturated rings.